The van der Waals surface area contributed by atoms with Crippen LogP contribution in [-0.2, 0) is 11.3 Å². The van der Waals surface area contributed by atoms with Crippen molar-refractivity contribution >= 4 is 11.6 Å². The van der Waals surface area contributed by atoms with Gasteiger partial charge in [-0.2, -0.15) is 0 Å². The molecule has 0 amide bonds. The Morgan fingerprint density at radius 3 is 2.94 bits per heavy atom. The Kier molecular flexibility index (Phi) is 3.79. The highest BCUT2D eigenvalue weighted by Crippen LogP contribution is 2.21. The van der Waals surface area contributed by atoms with Gasteiger partial charge in [-0.1, -0.05) is 0 Å². The zero-order valence-electron chi connectivity index (χ0n) is 10.9. The summed E-state index contributed by atoms with van der Waals surface area (Å²) in [4.78, 5) is 29.9. The molecule has 18 heavy (non-hydrogen) atoms. The maximum atomic E-state index is 12.2. The van der Waals surface area contributed by atoms with Gasteiger partial charge in [0.15, 0.2) is 11.6 Å². The largest absolute Gasteiger partial charge is 0.342 e. The number of hydrogen-bond donors (Lipinski definition) is 0. The number of anilines is 1. The fourth-order valence-corrected chi connectivity index (χ4v) is 2.49. The molecule has 5 nitrogen and oxygen atoms in total. The molecule has 1 saturated heterocycles. The molecule has 98 valence electrons. The van der Waals surface area contributed by atoms with E-state index in [1.165, 1.54) is 0 Å². The third-order valence-corrected chi connectivity index (χ3v) is 3.48. The Balaban J connectivity index is 2.40. The predicted octanol–water partition coefficient (Wildman–Crippen LogP) is 1.21. The van der Waals surface area contributed by atoms with Gasteiger partial charge in [-0.25, -0.2) is 4.98 Å². The molecule has 1 fully saturated rings. The van der Waals surface area contributed by atoms with Crippen molar-refractivity contribution in [1.82, 2.24) is 9.55 Å². The van der Waals surface area contributed by atoms with E-state index in [4.69, 9.17) is 0 Å². The number of aryl methyl sites for hydroxylation is 1. The van der Waals surface area contributed by atoms with Gasteiger partial charge in [0, 0.05) is 25.5 Å². The van der Waals surface area contributed by atoms with Crippen molar-refractivity contribution in [1.29, 1.82) is 0 Å². The molecule has 0 N–H and O–H groups in total. The van der Waals surface area contributed by atoms with Crippen LogP contribution in [0.2, 0.25) is 0 Å². The summed E-state index contributed by atoms with van der Waals surface area (Å²) in [6.45, 7) is 4.86. The summed E-state index contributed by atoms with van der Waals surface area (Å²) < 4.78 is 1.62. The molecular formula is C13H19N3O2. The van der Waals surface area contributed by atoms with Crippen molar-refractivity contribution in [2.45, 2.75) is 45.7 Å². The first-order chi connectivity index (χ1) is 8.65. The lowest BCUT2D eigenvalue weighted by molar-refractivity contribution is -0.118. The molecule has 0 aliphatic carbocycles. The van der Waals surface area contributed by atoms with Gasteiger partial charge in [0.2, 0.25) is 0 Å². The number of hydrogen-bond acceptors (Lipinski definition) is 4. The van der Waals surface area contributed by atoms with E-state index in [9.17, 15) is 9.59 Å². The first-order valence-corrected chi connectivity index (χ1v) is 6.47. The Bertz CT molecular complexity index is 495. The molecule has 2 rings (SSSR count). The van der Waals surface area contributed by atoms with E-state index in [0.29, 0.717) is 12.4 Å². The highest BCUT2D eigenvalue weighted by Gasteiger charge is 2.28. The smallest absolute Gasteiger partial charge is 0.293 e. The summed E-state index contributed by atoms with van der Waals surface area (Å²) >= 11 is 0. The number of carbonyl (C=O) groups excluding carboxylic acids is 1. The second-order valence-corrected chi connectivity index (χ2v) is 4.66. The summed E-state index contributed by atoms with van der Waals surface area (Å²) in [7, 11) is 0. The first kappa shape index (κ1) is 12.8. The number of rotatable bonds is 3. The van der Waals surface area contributed by atoms with E-state index < -0.39 is 0 Å². The molecule has 0 spiro atoms. The van der Waals surface area contributed by atoms with Gasteiger partial charge >= 0.3 is 0 Å². The van der Waals surface area contributed by atoms with E-state index in [1.54, 1.807) is 23.9 Å². The van der Waals surface area contributed by atoms with E-state index >= 15 is 0 Å². The second kappa shape index (κ2) is 5.33. The number of Topliss-reactive ketones (excluding diaryl/α,β-unsaturated/α-hetero) is 1. The molecule has 1 aliphatic rings. The van der Waals surface area contributed by atoms with Crippen molar-refractivity contribution in [3.8, 4) is 0 Å². The molecule has 1 aromatic rings. The Morgan fingerprint density at radius 1 is 1.50 bits per heavy atom. The van der Waals surface area contributed by atoms with Gasteiger partial charge in [-0.15, -0.1) is 0 Å². The van der Waals surface area contributed by atoms with Crippen molar-refractivity contribution < 1.29 is 4.79 Å². The highest BCUT2D eigenvalue weighted by atomic mass is 16.1. The third kappa shape index (κ3) is 2.30. The number of carbonyl (C=O) groups is 1. The molecule has 0 aromatic carbocycles. The molecule has 1 unspecified atom stereocenters. The zero-order chi connectivity index (χ0) is 13.1. The Labute approximate surface area is 106 Å². The number of aromatic nitrogens is 2. The minimum absolute atomic E-state index is 0.104. The van der Waals surface area contributed by atoms with Crippen LogP contribution in [0.3, 0.4) is 0 Å². The van der Waals surface area contributed by atoms with Gasteiger partial charge in [0.25, 0.3) is 5.56 Å². The number of ketones is 1. The van der Waals surface area contributed by atoms with Crippen LogP contribution < -0.4 is 10.5 Å². The van der Waals surface area contributed by atoms with Gasteiger partial charge < -0.3 is 9.47 Å². The molecular weight excluding hydrogens is 230 g/mol. The molecule has 0 radical (unpaired) electrons. The summed E-state index contributed by atoms with van der Waals surface area (Å²) in [5, 5.41) is 0. The topological polar surface area (TPSA) is 55.2 Å². The lowest BCUT2D eigenvalue weighted by atomic mass is 9.99. The Hall–Kier alpha value is -1.65. The summed E-state index contributed by atoms with van der Waals surface area (Å²) in [5.41, 5.74) is -0.104. The van der Waals surface area contributed by atoms with E-state index in [-0.39, 0.29) is 17.4 Å². The van der Waals surface area contributed by atoms with Crippen molar-refractivity contribution in [2.75, 3.05) is 11.4 Å². The second-order valence-electron chi connectivity index (χ2n) is 4.66. The van der Waals surface area contributed by atoms with Crippen molar-refractivity contribution in [2.24, 2.45) is 0 Å². The summed E-state index contributed by atoms with van der Waals surface area (Å²) in [5.74, 6) is 0.530. The molecule has 1 atom stereocenters. The average Bonchev–Trinajstić information content (AvgIpc) is 2.39. The van der Waals surface area contributed by atoms with E-state index in [2.05, 4.69) is 4.98 Å². The van der Waals surface area contributed by atoms with Crippen LogP contribution >= 0.6 is 0 Å². The molecule has 1 aliphatic heterocycles. The third-order valence-electron chi connectivity index (χ3n) is 3.48. The maximum Gasteiger partial charge on any atom is 0.293 e. The van der Waals surface area contributed by atoms with Crippen LogP contribution in [0.15, 0.2) is 17.2 Å². The summed E-state index contributed by atoms with van der Waals surface area (Å²) in [6, 6.07) is -0.188. The fraction of sp³-hybridized carbons (Fsp3) is 0.615. The standard InChI is InChI=1S/C13H19N3O2/c1-3-15-9-7-14-12(13(15)18)16-8-5-4-6-11(16)10(2)17/h7,9,11H,3-6,8H2,1-2H3. The van der Waals surface area contributed by atoms with Gasteiger partial charge in [0.05, 0.1) is 6.04 Å². The fourth-order valence-electron chi connectivity index (χ4n) is 2.49. The van der Waals surface area contributed by atoms with Gasteiger partial charge in [0.1, 0.15) is 0 Å². The van der Waals surface area contributed by atoms with Gasteiger partial charge in [-0.3, -0.25) is 9.59 Å². The normalized spacial score (nSPS) is 19.9. The molecule has 2 heterocycles. The average molecular weight is 249 g/mol. The van der Waals surface area contributed by atoms with Crippen molar-refractivity contribution in [3.05, 3.63) is 22.7 Å². The minimum atomic E-state index is -0.188. The number of piperidine rings is 1. The Morgan fingerprint density at radius 2 is 2.28 bits per heavy atom. The zero-order valence-corrected chi connectivity index (χ0v) is 10.9. The maximum absolute atomic E-state index is 12.2. The summed E-state index contributed by atoms with van der Waals surface area (Å²) in [6.07, 6.45) is 6.17. The molecule has 1 aromatic heterocycles. The molecule has 0 bridgehead atoms. The van der Waals surface area contributed by atoms with Crippen LogP contribution in [0.1, 0.15) is 33.1 Å². The quantitative estimate of drug-likeness (QED) is 0.808. The van der Waals surface area contributed by atoms with E-state index in [1.807, 2.05) is 11.8 Å². The minimum Gasteiger partial charge on any atom is -0.342 e. The predicted molar refractivity (Wildman–Crippen MR) is 69.8 cm³/mol. The highest BCUT2D eigenvalue weighted by molar-refractivity contribution is 5.84. The SMILES string of the molecule is CCn1ccnc(N2CCCCC2C(C)=O)c1=O. The lowest BCUT2D eigenvalue weighted by Gasteiger charge is -2.34. The molecule has 5 heteroatoms. The number of nitrogens with zero attached hydrogens (tertiary/aromatic N) is 3. The molecule has 0 saturated carbocycles. The van der Waals surface area contributed by atoms with E-state index in [0.717, 1.165) is 25.8 Å². The lowest BCUT2D eigenvalue weighted by Crippen LogP contribution is -2.47. The van der Waals surface area contributed by atoms with Crippen LogP contribution in [-0.4, -0.2) is 27.9 Å². The van der Waals surface area contributed by atoms with Crippen LogP contribution in [0.4, 0.5) is 5.82 Å². The van der Waals surface area contributed by atoms with Gasteiger partial charge in [-0.05, 0) is 33.1 Å². The van der Waals surface area contributed by atoms with Crippen LogP contribution in [0, 0.1) is 0 Å². The van der Waals surface area contributed by atoms with Crippen LogP contribution in [0.25, 0.3) is 0 Å². The van der Waals surface area contributed by atoms with Crippen molar-refractivity contribution in [3.63, 3.8) is 0 Å². The van der Waals surface area contributed by atoms with Crippen LogP contribution in [0.5, 0.6) is 0 Å². The monoisotopic (exact) mass is 249 g/mol. The first-order valence-electron chi connectivity index (χ1n) is 6.47.